The number of aromatic nitrogens is 1. The molecule has 0 aliphatic rings. The maximum atomic E-state index is 12.3. The van der Waals surface area contributed by atoms with Crippen LogP contribution in [0.1, 0.15) is 19.0 Å². The Morgan fingerprint density at radius 2 is 2.11 bits per heavy atom. The largest absolute Gasteiger partial charge is 0.433 e. The number of nitrogens with zero attached hydrogens (tertiary/aromatic N) is 2. The van der Waals surface area contributed by atoms with Gasteiger partial charge in [0.1, 0.15) is 5.69 Å². The quantitative estimate of drug-likeness (QED) is 0.922. The summed E-state index contributed by atoms with van der Waals surface area (Å²) >= 11 is 0. The Labute approximate surface area is 108 Å². The second-order valence-electron chi connectivity index (χ2n) is 3.60. The van der Waals surface area contributed by atoms with E-state index in [0.717, 1.165) is 12.3 Å². The van der Waals surface area contributed by atoms with Gasteiger partial charge in [0.25, 0.3) is 0 Å². The topological polar surface area (TPSA) is 82.8 Å². The molecule has 19 heavy (non-hydrogen) atoms. The Hall–Kier alpha value is -1.82. The van der Waals surface area contributed by atoms with E-state index in [1.54, 1.807) is 6.07 Å². The van der Waals surface area contributed by atoms with Gasteiger partial charge in [0.15, 0.2) is 5.25 Å². The highest BCUT2D eigenvalue weighted by Gasteiger charge is 2.32. The summed E-state index contributed by atoms with van der Waals surface area (Å²) in [5.74, 6) is 0. The number of nitriles is 1. The van der Waals surface area contributed by atoms with Gasteiger partial charge >= 0.3 is 6.18 Å². The molecule has 1 aromatic heterocycles. The summed E-state index contributed by atoms with van der Waals surface area (Å²) < 4.78 is 62.1. The number of pyridine rings is 1. The fourth-order valence-electron chi connectivity index (χ4n) is 1.24. The van der Waals surface area contributed by atoms with Gasteiger partial charge in [0.05, 0.1) is 18.0 Å². The molecule has 0 aromatic carbocycles. The number of sulfonamides is 1. The normalized spacial score (nSPS) is 13.6. The molecule has 1 aromatic rings. The highest BCUT2D eigenvalue weighted by atomic mass is 32.2. The first-order valence-electron chi connectivity index (χ1n) is 5.15. The Morgan fingerprint density at radius 3 is 2.47 bits per heavy atom. The van der Waals surface area contributed by atoms with Crippen LogP contribution in [0.15, 0.2) is 18.3 Å². The lowest BCUT2D eigenvalue weighted by Gasteiger charge is -2.11. The van der Waals surface area contributed by atoms with E-state index in [1.807, 2.05) is 4.72 Å². The van der Waals surface area contributed by atoms with Gasteiger partial charge in [0.2, 0.25) is 10.0 Å². The Kier molecular flexibility index (Phi) is 4.36. The highest BCUT2D eigenvalue weighted by Crippen LogP contribution is 2.28. The van der Waals surface area contributed by atoms with Crippen molar-refractivity contribution < 1.29 is 21.6 Å². The predicted molar refractivity (Wildman–Crippen MR) is 61.5 cm³/mol. The summed E-state index contributed by atoms with van der Waals surface area (Å²) in [7, 11) is -3.96. The van der Waals surface area contributed by atoms with Crippen LogP contribution >= 0.6 is 0 Å². The molecule has 1 N–H and O–H groups in total. The summed E-state index contributed by atoms with van der Waals surface area (Å²) in [6.07, 6.45) is -3.76. The Bertz CT molecular complexity index is 576. The van der Waals surface area contributed by atoms with Crippen molar-refractivity contribution >= 4 is 15.7 Å². The van der Waals surface area contributed by atoms with Crippen molar-refractivity contribution in [1.29, 1.82) is 5.26 Å². The van der Waals surface area contributed by atoms with Gasteiger partial charge in [-0.05, 0) is 18.6 Å². The van der Waals surface area contributed by atoms with Gasteiger partial charge < -0.3 is 0 Å². The zero-order valence-electron chi connectivity index (χ0n) is 9.77. The Morgan fingerprint density at radius 1 is 1.47 bits per heavy atom. The van der Waals surface area contributed by atoms with Crippen molar-refractivity contribution in [3.8, 4) is 6.07 Å². The minimum Gasteiger partial charge on any atom is -0.281 e. The van der Waals surface area contributed by atoms with Crippen LogP contribution in [0.3, 0.4) is 0 Å². The highest BCUT2D eigenvalue weighted by molar-refractivity contribution is 7.93. The van der Waals surface area contributed by atoms with E-state index in [2.05, 4.69) is 4.98 Å². The van der Waals surface area contributed by atoms with Crippen molar-refractivity contribution in [3.63, 3.8) is 0 Å². The molecule has 0 spiro atoms. The summed E-state index contributed by atoms with van der Waals surface area (Å²) in [5.41, 5.74) is -1.25. The first-order chi connectivity index (χ1) is 8.70. The van der Waals surface area contributed by atoms with Crippen molar-refractivity contribution in [3.05, 3.63) is 24.0 Å². The molecule has 9 heteroatoms. The molecule has 1 rings (SSSR count). The summed E-state index contributed by atoms with van der Waals surface area (Å²) in [5, 5.41) is 7.39. The van der Waals surface area contributed by atoms with E-state index in [0.29, 0.717) is 6.07 Å². The maximum absolute atomic E-state index is 12.3. The second-order valence-corrected chi connectivity index (χ2v) is 5.47. The van der Waals surface area contributed by atoms with E-state index < -0.39 is 27.1 Å². The fourth-order valence-corrected chi connectivity index (χ4v) is 2.41. The molecule has 0 saturated carbocycles. The smallest absolute Gasteiger partial charge is 0.281 e. The van der Waals surface area contributed by atoms with Gasteiger partial charge in [-0.3, -0.25) is 4.72 Å². The predicted octanol–water partition coefficient (Wildman–Crippen LogP) is 2.14. The van der Waals surface area contributed by atoms with Crippen molar-refractivity contribution in [2.24, 2.45) is 0 Å². The third kappa shape index (κ3) is 3.82. The van der Waals surface area contributed by atoms with E-state index in [4.69, 9.17) is 5.26 Å². The minimum absolute atomic E-state index is 0.0693. The molecule has 5 nitrogen and oxygen atoms in total. The van der Waals surface area contributed by atoms with Gasteiger partial charge in [-0.15, -0.1) is 0 Å². The lowest BCUT2D eigenvalue weighted by Crippen LogP contribution is -2.26. The molecule has 0 fully saturated rings. The fraction of sp³-hybridized carbons (Fsp3) is 0.400. The molecular weight excluding hydrogens is 283 g/mol. The van der Waals surface area contributed by atoms with Crippen LogP contribution in [-0.4, -0.2) is 18.7 Å². The molecule has 1 unspecified atom stereocenters. The van der Waals surface area contributed by atoms with Crippen LogP contribution in [-0.2, 0) is 16.2 Å². The van der Waals surface area contributed by atoms with Crippen LogP contribution in [0.2, 0.25) is 0 Å². The number of halogens is 3. The molecule has 104 valence electrons. The van der Waals surface area contributed by atoms with Crippen LogP contribution in [0.4, 0.5) is 18.9 Å². The van der Waals surface area contributed by atoms with Gasteiger partial charge in [-0.25, -0.2) is 13.4 Å². The molecule has 0 saturated heterocycles. The molecule has 1 atom stereocenters. The van der Waals surface area contributed by atoms with E-state index in [9.17, 15) is 21.6 Å². The molecule has 0 bridgehead atoms. The minimum atomic E-state index is -4.59. The van der Waals surface area contributed by atoms with Crippen LogP contribution in [0.25, 0.3) is 0 Å². The van der Waals surface area contributed by atoms with Gasteiger partial charge in [-0.1, -0.05) is 6.92 Å². The zero-order valence-corrected chi connectivity index (χ0v) is 10.6. The monoisotopic (exact) mass is 293 g/mol. The molecule has 1 heterocycles. The van der Waals surface area contributed by atoms with Gasteiger partial charge in [-0.2, -0.15) is 18.4 Å². The summed E-state index contributed by atoms with van der Waals surface area (Å²) in [6, 6.07) is 3.20. The van der Waals surface area contributed by atoms with Crippen LogP contribution < -0.4 is 4.72 Å². The van der Waals surface area contributed by atoms with E-state index in [1.165, 1.54) is 6.92 Å². The molecule has 0 radical (unpaired) electrons. The number of anilines is 1. The summed E-state index contributed by atoms with van der Waals surface area (Å²) in [4.78, 5) is 3.11. The van der Waals surface area contributed by atoms with Crippen LogP contribution in [0, 0.1) is 11.3 Å². The molecule has 0 aliphatic heterocycles. The maximum Gasteiger partial charge on any atom is 0.433 e. The third-order valence-electron chi connectivity index (χ3n) is 2.20. The standard InChI is InChI=1S/C10H10F3N3O2S/c1-2-8(5-14)19(17,18)16-7-3-4-9(15-6-7)10(11,12)13/h3-4,6,8,16H,2H2,1H3. The number of nitrogens with one attached hydrogen (secondary N) is 1. The summed E-state index contributed by atoms with van der Waals surface area (Å²) in [6.45, 7) is 1.51. The molecular formula is C10H10F3N3O2S. The van der Waals surface area contributed by atoms with E-state index >= 15 is 0 Å². The number of alkyl halides is 3. The van der Waals surface area contributed by atoms with Crippen LogP contribution in [0.5, 0.6) is 0 Å². The molecule has 0 amide bonds. The number of hydrogen-bond donors (Lipinski definition) is 1. The lowest BCUT2D eigenvalue weighted by molar-refractivity contribution is -0.141. The van der Waals surface area contributed by atoms with Crippen molar-refractivity contribution in [2.45, 2.75) is 24.8 Å². The zero-order chi connectivity index (χ0) is 14.7. The first kappa shape index (κ1) is 15.2. The molecule has 0 aliphatic carbocycles. The first-order valence-corrected chi connectivity index (χ1v) is 6.70. The third-order valence-corrected chi connectivity index (χ3v) is 3.91. The Balaban J connectivity index is 2.94. The number of rotatable bonds is 4. The van der Waals surface area contributed by atoms with Gasteiger partial charge in [0, 0.05) is 0 Å². The average molecular weight is 293 g/mol. The average Bonchev–Trinajstić information content (AvgIpc) is 2.29. The van der Waals surface area contributed by atoms with E-state index in [-0.39, 0.29) is 12.1 Å². The number of hydrogen-bond acceptors (Lipinski definition) is 4. The van der Waals surface area contributed by atoms with Crippen molar-refractivity contribution in [2.75, 3.05) is 4.72 Å². The van der Waals surface area contributed by atoms with Crippen molar-refractivity contribution in [1.82, 2.24) is 4.98 Å². The SMILES string of the molecule is CCC(C#N)S(=O)(=O)Nc1ccc(C(F)(F)F)nc1. The second kappa shape index (κ2) is 5.44. The lowest BCUT2D eigenvalue weighted by atomic mass is 10.3.